The Morgan fingerprint density at radius 1 is 0.966 bits per heavy atom. The van der Waals surface area contributed by atoms with Gasteiger partial charge in [-0.25, -0.2) is 0 Å². The first-order valence-corrected chi connectivity index (χ1v) is 9.85. The van der Waals surface area contributed by atoms with Crippen molar-refractivity contribution in [1.82, 2.24) is 9.88 Å². The lowest BCUT2D eigenvalue weighted by Gasteiger charge is -2.27. The van der Waals surface area contributed by atoms with Crippen molar-refractivity contribution in [3.63, 3.8) is 0 Å². The van der Waals surface area contributed by atoms with Gasteiger partial charge >= 0.3 is 0 Å². The molecule has 4 aromatic rings. The van der Waals surface area contributed by atoms with Gasteiger partial charge in [-0.2, -0.15) is 0 Å². The molecule has 0 saturated heterocycles. The van der Waals surface area contributed by atoms with E-state index in [-0.39, 0.29) is 5.91 Å². The summed E-state index contributed by atoms with van der Waals surface area (Å²) < 4.78 is 5.33. The first-order chi connectivity index (χ1) is 14.2. The number of rotatable bonds is 3. The van der Waals surface area contributed by atoms with Crippen LogP contribution in [0.25, 0.3) is 22.0 Å². The highest BCUT2D eigenvalue weighted by molar-refractivity contribution is 5.96. The second-order valence-electron chi connectivity index (χ2n) is 7.42. The second kappa shape index (κ2) is 7.13. The molecule has 0 unspecified atom stereocenters. The average molecular weight is 382 g/mol. The van der Waals surface area contributed by atoms with Gasteiger partial charge in [0.2, 0.25) is 0 Å². The number of nitrogens with one attached hydrogen (secondary N) is 1. The number of methoxy groups -OCH3 is 1. The summed E-state index contributed by atoms with van der Waals surface area (Å²) in [6.45, 7) is 1.35. The van der Waals surface area contributed by atoms with E-state index in [1.54, 1.807) is 7.11 Å². The molecule has 4 nitrogen and oxygen atoms in total. The average Bonchev–Trinajstić information content (AvgIpc) is 3.16. The molecule has 0 bridgehead atoms. The van der Waals surface area contributed by atoms with E-state index in [9.17, 15) is 4.79 Å². The number of amides is 1. The molecule has 3 aromatic carbocycles. The zero-order valence-electron chi connectivity index (χ0n) is 16.3. The highest BCUT2D eigenvalue weighted by Gasteiger charge is 2.24. The Morgan fingerprint density at radius 3 is 2.62 bits per heavy atom. The predicted octanol–water partition coefficient (Wildman–Crippen LogP) is 5.04. The highest BCUT2D eigenvalue weighted by Crippen LogP contribution is 2.29. The summed E-state index contributed by atoms with van der Waals surface area (Å²) in [5.41, 5.74) is 6.40. The van der Waals surface area contributed by atoms with Gasteiger partial charge < -0.3 is 14.6 Å². The van der Waals surface area contributed by atoms with Crippen LogP contribution in [0.3, 0.4) is 0 Å². The van der Waals surface area contributed by atoms with Crippen LogP contribution in [-0.2, 0) is 13.0 Å². The van der Waals surface area contributed by atoms with Crippen molar-refractivity contribution < 1.29 is 9.53 Å². The predicted molar refractivity (Wildman–Crippen MR) is 115 cm³/mol. The Morgan fingerprint density at radius 2 is 1.76 bits per heavy atom. The van der Waals surface area contributed by atoms with Crippen molar-refractivity contribution >= 4 is 16.8 Å². The highest BCUT2D eigenvalue weighted by atomic mass is 16.5. The molecule has 0 spiro atoms. The van der Waals surface area contributed by atoms with E-state index in [1.165, 1.54) is 10.9 Å². The van der Waals surface area contributed by atoms with Crippen molar-refractivity contribution in [3.8, 4) is 16.9 Å². The molecule has 5 rings (SSSR count). The van der Waals surface area contributed by atoms with Crippen LogP contribution in [0.2, 0.25) is 0 Å². The standard InChI is InChI=1S/C25H22N2O2/c1-29-20-9-5-7-18(15-20)17-6-4-8-19(14-17)25(28)27-13-12-22-21-10-2-3-11-23(21)26-24(22)16-27/h2-11,14-15,26H,12-13,16H2,1H3. The largest absolute Gasteiger partial charge is 0.497 e. The number of nitrogens with zero attached hydrogens (tertiary/aromatic N) is 1. The van der Waals surface area contributed by atoms with Crippen molar-refractivity contribution in [2.75, 3.05) is 13.7 Å². The van der Waals surface area contributed by atoms with Crippen LogP contribution in [0.5, 0.6) is 5.75 Å². The smallest absolute Gasteiger partial charge is 0.254 e. The van der Waals surface area contributed by atoms with Crippen LogP contribution in [-0.4, -0.2) is 29.4 Å². The van der Waals surface area contributed by atoms with E-state index in [2.05, 4.69) is 23.2 Å². The number of aromatic amines is 1. The SMILES string of the molecule is COc1cccc(-c2cccc(C(=O)N3CCc4c([nH]c5ccccc45)C3)c2)c1. The van der Waals surface area contributed by atoms with Crippen LogP contribution in [0.1, 0.15) is 21.6 Å². The number of carbonyl (C=O) groups is 1. The zero-order valence-corrected chi connectivity index (χ0v) is 16.3. The first-order valence-electron chi connectivity index (χ1n) is 9.85. The number of H-pyrrole nitrogens is 1. The molecule has 1 N–H and O–H groups in total. The zero-order chi connectivity index (χ0) is 19.8. The van der Waals surface area contributed by atoms with Gasteiger partial charge in [0.05, 0.1) is 13.7 Å². The molecule has 1 aromatic heterocycles. The molecule has 29 heavy (non-hydrogen) atoms. The summed E-state index contributed by atoms with van der Waals surface area (Å²) in [4.78, 5) is 18.6. The summed E-state index contributed by atoms with van der Waals surface area (Å²) in [6, 6.07) is 24.1. The second-order valence-corrected chi connectivity index (χ2v) is 7.42. The molecule has 1 aliphatic heterocycles. The van der Waals surface area contributed by atoms with Crippen LogP contribution in [0.15, 0.2) is 72.8 Å². The van der Waals surface area contributed by atoms with Gasteiger partial charge in [-0.1, -0.05) is 42.5 Å². The van der Waals surface area contributed by atoms with Crippen molar-refractivity contribution in [1.29, 1.82) is 0 Å². The fraction of sp³-hybridized carbons (Fsp3) is 0.160. The van der Waals surface area contributed by atoms with E-state index >= 15 is 0 Å². The minimum absolute atomic E-state index is 0.0686. The number of hydrogen-bond donors (Lipinski definition) is 1. The fourth-order valence-corrected chi connectivity index (χ4v) is 4.18. The van der Waals surface area contributed by atoms with E-state index in [0.717, 1.165) is 41.1 Å². The van der Waals surface area contributed by atoms with Crippen molar-refractivity contribution in [3.05, 3.63) is 89.6 Å². The molecule has 1 aliphatic rings. The molecule has 4 heteroatoms. The Bertz CT molecular complexity index is 1210. The first kappa shape index (κ1) is 17.6. The third-order valence-corrected chi connectivity index (χ3v) is 5.68. The Balaban J connectivity index is 1.42. The van der Waals surface area contributed by atoms with Crippen molar-refractivity contribution in [2.24, 2.45) is 0 Å². The molecule has 0 saturated carbocycles. The topological polar surface area (TPSA) is 45.3 Å². The Hall–Kier alpha value is -3.53. The van der Waals surface area contributed by atoms with Gasteiger partial charge in [0.1, 0.15) is 5.75 Å². The summed E-state index contributed by atoms with van der Waals surface area (Å²) in [5, 5.41) is 1.27. The summed E-state index contributed by atoms with van der Waals surface area (Å²) in [7, 11) is 1.66. The Kier molecular flexibility index (Phi) is 4.32. The molecule has 0 fully saturated rings. The monoisotopic (exact) mass is 382 g/mol. The molecular weight excluding hydrogens is 360 g/mol. The quantitative estimate of drug-likeness (QED) is 0.539. The van der Waals surface area contributed by atoms with Crippen molar-refractivity contribution in [2.45, 2.75) is 13.0 Å². The Labute approximate surface area is 169 Å². The van der Waals surface area contributed by atoms with Gasteiger partial charge in [0, 0.05) is 28.7 Å². The maximum absolute atomic E-state index is 13.2. The maximum Gasteiger partial charge on any atom is 0.254 e. The van der Waals surface area contributed by atoms with Gasteiger partial charge in [0.25, 0.3) is 5.91 Å². The number of carbonyl (C=O) groups excluding carboxylic acids is 1. The third-order valence-electron chi connectivity index (χ3n) is 5.68. The minimum Gasteiger partial charge on any atom is -0.497 e. The van der Waals surface area contributed by atoms with Crippen LogP contribution in [0, 0.1) is 0 Å². The lowest BCUT2D eigenvalue weighted by atomic mass is 10.0. The number of fused-ring (bicyclic) bond motifs is 3. The molecule has 144 valence electrons. The maximum atomic E-state index is 13.2. The number of benzene rings is 3. The normalized spacial score (nSPS) is 13.3. The lowest BCUT2D eigenvalue weighted by molar-refractivity contribution is 0.0733. The summed E-state index contributed by atoms with van der Waals surface area (Å²) in [6.07, 6.45) is 0.876. The van der Waals surface area contributed by atoms with E-state index < -0.39 is 0 Å². The summed E-state index contributed by atoms with van der Waals surface area (Å²) in [5.74, 6) is 0.876. The summed E-state index contributed by atoms with van der Waals surface area (Å²) >= 11 is 0. The molecule has 2 heterocycles. The number of para-hydroxylation sites is 1. The van der Waals surface area contributed by atoms with Crippen LogP contribution in [0.4, 0.5) is 0 Å². The third kappa shape index (κ3) is 3.17. The number of hydrogen-bond acceptors (Lipinski definition) is 2. The van der Waals surface area contributed by atoms with Gasteiger partial charge in [-0.3, -0.25) is 4.79 Å². The van der Waals surface area contributed by atoms with Gasteiger partial charge in [-0.05, 0) is 53.4 Å². The molecule has 1 amide bonds. The molecule has 0 aliphatic carbocycles. The van der Waals surface area contributed by atoms with Crippen LogP contribution < -0.4 is 4.74 Å². The number of ether oxygens (including phenoxy) is 1. The fourth-order valence-electron chi connectivity index (χ4n) is 4.18. The van der Waals surface area contributed by atoms with E-state index in [0.29, 0.717) is 12.1 Å². The van der Waals surface area contributed by atoms with Gasteiger partial charge in [-0.15, -0.1) is 0 Å². The molecular formula is C25H22N2O2. The lowest BCUT2D eigenvalue weighted by Crippen LogP contribution is -2.35. The minimum atomic E-state index is 0.0686. The van der Waals surface area contributed by atoms with Gasteiger partial charge in [0.15, 0.2) is 0 Å². The molecule has 0 radical (unpaired) electrons. The number of aromatic nitrogens is 1. The van der Waals surface area contributed by atoms with E-state index in [4.69, 9.17) is 4.74 Å². The molecule has 0 atom stereocenters. The van der Waals surface area contributed by atoms with E-state index in [1.807, 2.05) is 59.5 Å². The van der Waals surface area contributed by atoms with Crippen LogP contribution >= 0.6 is 0 Å².